The molecule has 0 heterocycles. The fourth-order valence-corrected chi connectivity index (χ4v) is 5.12. The maximum absolute atomic E-state index is 12.4. The van der Waals surface area contributed by atoms with Crippen LogP contribution in [0.15, 0.2) is 18.2 Å². The average Bonchev–Trinajstić information content (AvgIpc) is 3.09. The van der Waals surface area contributed by atoms with E-state index in [2.05, 4.69) is 6.07 Å². The van der Waals surface area contributed by atoms with Gasteiger partial charge < -0.3 is 24.4 Å². The summed E-state index contributed by atoms with van der Waals surface area (Å²) in [7, 11) is 1.49. The molecular formula is C24H34O7. The normalized spacial score (nSPS) is 26.5. The molecule has 7 nitrogen and oxygen atoms in total. The van der Waals surface area contributed by atoms with Gasteiger partial charge in [0.05, 0.1) is 6.10 Å². The Bertz CT molecular complexity index is 777. The van der Waals surface area contributed by atoms with Gasteiger partial charge in [-0.1, -0.05) is 19.1 Å². The lowest BCUT2D eigenvalue weighted by Gasteiger charge is -2.32. The van der Waals surface area contributed by atoms with Gasteiger partial charge in [0.15, 0.2) is 12.7 Å². The summed E-state index contributed by atoms with van der Waals surface area (Å²) in [5.41, 5.74) is 2.23. The lowest BCUT2D eigenvalue weighted by molar-refractivity contribution is -0.162. The van der Waals surface area contributed by atoms with Gasteiger partial charge in [0.1, 0.15) is 11.9 Å². The molecule has 0 aromatic heterocycles. The molecular weight excluding hydrogens is 400 g/mol. The molecule has 0 aliphatic heterocycles. The molecule has 1 fully saturated rings. The van der Waals surface area contributed by atoms with Gasteiger partial charge >= 0.3 is 11.9 Å². The highest BCUT2D eigenvalue weighted by atomic mass is 16.6. The van der Waals surface area contributed by atoms with Crippen LogP contribution in [0.5, 0.6) is 5.75 Å². The molecule has 0 radical (unpaired) electrons. The number of esters is 1. The maximum Gasteiger partial charge on any atom is 0.341 e. The maximum atomic E-state index is 12.4. The van der Waals surface area contributed by atoms with Crippen LogP contribution in [0, 0.1) is 17.8 Å². The van der Waals surface area contributed by atoms with E-state index >= 15 is 0 Å². The Hall–Kier alpha value is -2.12. The summed E-state index contributed by atoms with van der Waals surface area (Å²) in [6, 6.07) is 5.80. The third-order valence-electron chi connectivity index (χ3n) is 6.93. The van der Waals surface area contributed by atoms with E-state index in [0.717, 1.165) is 31.2 Å². The molecule has 31 heavy (non-hydrogen) atoms. The quantitative estimate of drug-likeness (QED) is 0.546. The summed E-state index contributed by atoms with van der Waals surface area (Å²) in [5, 5.41) is 19.1. The van der Waals surface area contributed by atoms with E-state index < -0.39 is 12.1 Å². The molecule has 0 amide bonds. The van der Waals surface area contributed by atoms with E-state index in [1.54, 1.807) is 6.92 Å². The minimum Gasteiger partial charge on any atom is -0.482 e. The van der Waals surface area contributed by atoms with E-state index in [9.17, 15) is 14.7 Å². The highest BCUT2D eigenvalue weighted by Gasteiger charge is 2.47. The number of hydrogen-bond acceptors (Lipinski definition) is 6. The molecule has 0 spiro atoms. The lowest BCUT2D eigenvalue weighted by Crippen LogP contribution is -2.32. The van der Waals surface area contributed by atoms with E-state index in [1.165, 1.54) is 12.7 Å². The first-order chi connectivity index (χ1) is 14.8. The van der Waals surface area contributed by atoms with Crippen LogP contribution in [0.1, 0.15) is 50.7 Å². The van der Waals surface area contributed by atoms with Gasteiger partial charge in [-0.2, -0.15) is 0 Å². The Balaban J connectivity index is 1.80. The van der Waals surface area contributed by atoms with Crippen LogP contribution in [0.2, 0.25) is 0 Å². The Labute approximate surface area is 183 Å². The van der Waals surface area contributed by atoms with Gasteiger partial charge in [-0.25, -0.2) is 9.59 Å². The SMILES string of the molecule is CC[C@H](O)CC[C@@H]1[C@H]2Cc3cccc(OCC(=O)O)c3C[C@H]2C[C@H]1OC(=O)[C@@H](C)OC. The van der Waals surface area contributed by atoms with Gasteiger partial charge in [-0.3, -0.25) is 0 Å². The number of carboxylic acid groups (broad SMARTS) is 1. The van der Waals surface area contributed by atoms with Crippen LogP contribution in [0.4, 0.5) is 0 Å². The molecule has 2 aliphatic rings. The Morgan fingerprint density at radius 1 is 1.26 bits per heavy atom. The fourth-order valence-electron chi connectivity index (χ4n) is 5.12. The van der Waals surface area contributed by atoms with Crippen molar-refractivity contribution in [1.82, 2.24) is 0 Å². The summed E-state index contributed by atoms with van der Waals surface area (Å²) in [5.74, 6) is 0.125. The van der Waals surface area contributed by atoms with Crippen molar-refractivity contribution in [2.75, 3.05) is 13.7 Å². The Morgan fingerprint density at radius 2 is 2.03 bits per heavy atom. The van der Waals surface area contributed by atoms with Gasteiger partial charge in [-0.15, -0.1) is 0 Å². The van der Waals surface area contributed by atoms with Crippen LogP contribution in [-0.2, 0) is 31.9 Å². The van der Waals surface area contributed by atoms with Crippen molar-refractivity contribution in [3.63, 3.8) is 0 Å². The van der Waals surface area contributed by atoms with Gasteiger partial charge in [-0.05, 0) is 80.4 Å². The molecule has 7 heteroatoms. The minimum absolute atomic E-state index is 0.177. The van der Waals surface area contributed by atoms with Crippen molar-refractivity contribution in [3.8, 4) is 5.75 Å². The zero-order chi connectivity index (χ0) is 22.5. The smallest absolute Gasteiger partial charge is 0.341 e. The second kappa shape index (κ2) is 10.5. The second-order valence-electron chi connectivity index (χ2n) is 8.80. The number of carbonyl (C=O) groups excluding carboxylic acids is 1. The van der Waals surface area contributed by atoms with Crippen molar-refractivity contribution in [1.29, 1.82) is 0 Å². The highest BCUT2D eigenvalue weighted by molar-refractivity contribution is 5.74. The molecule has 0 bridgehead atoms. The number of methoxy groups -OCH3 is 1. The molecule has 6 atom stereocenters. The van der Waals surface area contributed by atoms with E-state index in [4.69, 9.17) is 19.3 Å². The van der Waals surface area contributed by atoms with E-state index in [1.807, 2.05) is 19.1 Å². The third kappa shape index (κ3) is 5.57. The fraction of sp³-hybridized carbons (Fsp3) is 0.667. The number of carboxylic acids is 1. The molecule has 2 N–H and O–H groups in total. The predicted molar refractivity (Wildman–Crippen MR) is 114 cm³/mol. The third-order valence-corrected chi connectivity index (χ3v) is 6.93. The monoisotopic (exact) mass is 434 g/mol. The number of aliphatic hydroxyl groups is 1. The number of aliphatic hydroxyl groups excluding tert-OH is 1. The second-order valence-corrected chi connectivity index (χ2v) is 8.80. The zero-order valence-electron chi connectivity index (χ0n) is 18.6. The van der Waals surface area contributed by atoms with Crippen molar-refractivity contribution in [2.45, 2.75) is 70.7 Å². The van der Waals surface area contributed by atoms with Crippen molar-refractivity contribution >= 4 is 11.9 Å². The molecule has 2 aliphatic carbocycles. The summed E-state index contributed by atoms with van der Waals surface area (Å²) in [6.45, 7) is 3.29. The van der Waals surface area contributed by atoms with Crippen LogP contribution in [-0.4, -0.2) is 54.2 Å². The minimum atomic E-state index is -0.999. The van der Waals surface area contributed by atoms with Crippen molar-refractivity contribution < 1.29 is 34.0 Å². The molecule has 3 rings (SSSR count). The lowest BCUT2D eigenvalue weighted by atomic mass is 9.73. The Kier molecular flexibility index (Phi) is 7.94. The molecule has 0 unspecified atom stereocenters. The van der Waals surface area contributed by atoms with E-state index in [0.29, 0.717) is 30.4 Å². The van der Waals surface area contributed by atoms with Crippen molar-refractivity contribution in [2.24, 2.45) is 17.8 Å². The zero-order valence-corrected chi connectivity index (χ0v) is 18.6. The molecule has 0 saturated heterocycles. The molecule has 1 aromatic rings. The molecule has 172 valence electrons. The number of benzene rings is 1. The molecule has 1 saturated carbocycles. The topological polar surface area (TPSA) is 102 Å². The van der Waals surface area contributed by atoms with Crippen LogP contribution in [0.25, 0.3) is 0 Å². The highest BCUT2D eigenvalue weighted by Crippen LogP contribution is 2.49. The number of fused-ring (bicyclic) bond motifs is 2. The van der Waals surface area contributed by atoms with Crippen LogP contribution >= 0.6 is 0 Å². The predicted octanol–water partition coefficient (Wildman–Crippen LogP) is 3.00. The number of ether oxygens (including phenoxy) is 3. The summed E-state index contributed by atoms with van der Waals surface area (Å²) < 4.78 is 16.6. The van der Waals surface area contributed by atoms with Crippen LogP contribution < -0.4 is 4.74 Å². The Morgan fingerprint density at radius 3 is 2.71 bits per heavy atom. The first kappa shape index (κ1) is 23.5. The number of rotatable bonds is 10. The standard InChI is InChI=1S/C24H34O7/c1-4-17(25)8-9-18-19-10-15-6-5-7-21(30-13-23(26)27)20(15)11-16(19)12-22(18)31-24(28)14(2)29-3/h5-7,14,16-19,22,25H,4,8-13H2,1-3H3,(H,26,27)/t14-,16+,17+,18-,19+,22-/m1/s1. The average molecular weight is 435 g/mol. The summed E-state index contributed by atoms with van der Waals surface area (Å²) in [6.07, 6.45) is 3.40. The largest absolute Gasteiger partial charge is 0.482 e. The number of carbonyl (C=O) groups is 2. The molecule has 1 aromatic carbocycles. The van der Waals surface area contributed by atoms with Gasteiger partial charge in [0.2, 0.25) is 0 Å². The first-order valence-corrected chi connectivity index (χ1v) is 11.2. The van der Waals surface area contributed by atoms with Crippen LogP contribution in [0.3, 0.4) is 0 Å². The van der Waals surface area contributed by atoms with Gasteiger partial charge in [0, 0.05) is 7.11 Å². The van der Waals surface area contributed by atoms with E-state index in [-0.39, 0.29) is 30.7 Å². The summed E-state index contributed by atoms with van der Waals surface area (Å²) in [4.78, 5) is 23.4. The number of hydrogen-bond donors (Lipinski definition) is 2. The van der Waals surface area contributed by atoms with Crippen molar-refractivity contribution in [3.05, 3.63) is 29.3 Å². The first-order valence-electron chi connectivity index (χ1n) is 11.2. The summed E-state index contributed by atoms with van der Waals surface area (Å²) >= 11 is 0. The van der Waals surface area contributed by atoms with Gasteiger partial charge in [0.25, 0.3) is 0 Å². The number of aliphatic carboxylic acids is 1.